The van der Waals surface area contributed by atoms with E-state index in [0.29, 0.717) is 45.4 Å². The van der Waals surface area contributed by atoms with Gasteiger partial charge in [-0.3, -0.25) is 9.69 Å². The van der Waals surface area contributed by atoms with Crippen molar-refractivity contribution in [3.8, 4) is 0 Å². The van der Waals surface area contributed by atoms with Gasteiger partial charge in [0.05, 0.1) is 19.3 Å². The van der Waals surface area contributed by atoms with Gasteiger partial charge in [-0.25, -0.2) is 4.79 Å². The molecule has 31 heavy (non-hydrogen) atoms. The first kappa shape index (κ1) is 22.0. The third kappa shape index (κ3) is 5.17. The summed E-state index contributed by atoms with van der Waals surface area (Å²) in [5, 5.41) is 16.7. The normalized spacial score (nSPS) is 30.3. The van der Waals surface area contributed by atoms with Crippen LogP contribution in [-0.4, -0.2) is 71.9 Å². The Balaban J connectivity index is 1.34. The zero-order valence-corrected chi connectivity index (χ0v) is 17.8. The fraction of sp³-hybridized carbons (Fsp3) is 0.636. The van der Waals surface area contributed by atoms with Crippen molar-refractivity contribution in [2.24, 2.45) is 0 Å². The topological polar surface area (TPSA) is 109 Å². The van der Waals surface area contributed by atoms with Gasteiger partial charge in [-0.05, 0) is 18.4 Å². The molecule has 2 aliphatic heterocycles. The number of amides is 2. The monoisotopic (exact) mass is 433 g/mol. The second kappa shape index (κ2) is 9.52. The number of aliphatic hydroxyl groups excluding tert-OH is 1. The van der Waals surface area contributed by atoms with E-state index in [1.807, 2.05) is 35.2 Å². The minimum atomic E-state index is -0.856. The van der Waals surface area contributed by atoms with Crippen molar-refractivity contribution in [1.29, 1.82) is 0 Å². The molecule has 0 aromatic heterocycles. The molecule has 2 heterocycles. The van der Waals surface area contributed by atoms with Crippen LogP contribution in [0.3, 0.4) is 0 Å². The van der Waals surface area contributed by atoms with Crippen LogP contribution < -0.4 is 10.6 Å². The zero-order chi connectivity index (χ0) is 21.8. The predicted octanol–water partition coefficient (Wildman–Crippen LogP) is 1.11. The number of alkyl carbamates (subject to hydrolysis) is 1. The average Bonchev–Trinajstić information content (AvgIpc) is 3.34. The number of nitrogens with zero attached hydrogens (tertiary/aromatic N) is 1. The predicted molar refractivity (Wildman–Crippen MR) is 111 cm³/mol. The number of carbonyl (C=O) groups excluding carboxylic acids is 2. The Morgan fingerprint density at radius 2 is 1.90 bits per heavy atom. The van der Waals surface area contributed by atoms with Crippen LogP contribution >= 0.6 is 0 Å². The molecule has 1 unspecified atom stereocenters. The molecule has 3 aliphatic rings. The van der Waals surface area contributed by atoms with E-state index < -0.39 is 24.2 Å². The van der Waals surface area contributed by atoms with Crippen LogP contribution in [0.1, 0.15) is 38.2 Å². The smallest absolute Gasteiger partial charge is 0.407 e. The lowest BCUT2D eigenvalue weighted by atomic mass is 9.84. The molecule has 9 nitrogen and oxygen atoms in total. The van der Waals surface area contributed by atoms with Gasteiger partial charge in [0.1, 0.15) is 12.8 Å². The Morgan fingerprint density at radius 3 is 2.61 bits per heavy atom. The van der Waals surface area contributed by atoms with Crippen LogP contribution in [0.2, 0.25) is 0 Å². The van der Waals surface area contributed by atoms with Crippen molar-refractivity contribution in [2.75, 3.05) is 19.8 Å². The molecular formula is C22H31N3O6. The highest BCUT2D eigenvalue weighted by atomic mass is 16.7. The molecule has 3 N–H and O–H groups in total. The molecule has 4 atom stereocenters. The summed E-state index contributed by atoms with van der Waals surface area (Å²) in [5.74, 6) is -0.773. The number of aliphatic hydroxyl groups is 1. The van der Waals surface area contributed by atoms with Gasteiger partial charge in [0, 0.05) is 38.4 Å². The van der Waals surface area contributed by atoms with E-state index >= 15 is 0 Å². The number of ether oxygens (including phenoxy) is 3. The molecule has 1 aromatic carbocycles. The summed E-state index contributed by atoms with van der Waals surface area (Å²) in [6.45, 7) is 3.39. The maximum Gasteiger partial charge on any atom is 0.407 e. The van der Waals surface area contributed by atoms with E-state index in [0.717, 1.165) is 5.56 Å². The number of hydrogen-bond acceptors (Lipinski definition) is 7. The summed E-state index contributed by atoms with van der Waals surface area (Å²) in [7, 11) is 0. The summed E-state index contributed by atoms with van der Waals surface area (Å²) in [4.78, 5) is 26.0. The molecule has 1 aliphatic carbocycles. The van der Waals surface area contributed by atoms with Crippen molar-refractivity contribution in [2.45, 2.75) is 69.4 Å². The van der Waals surface area contributed by atoms with Gasteiger partial charge in [-0.1, -0.05) is 30.3 Å². The molecule has 1 spiro atoms. The molecule has 2 saturated heterocycles. The molecule has 4 rings (SSSR count). The van der Waals surface area contributed by atoms with Gasteiger partial charge in [0.2, 0.25) is 5.91 Å². The van der Waals surface area contributed by atoms with Crippen LogP contribution in [0.15, 0.2) is 30.3 Å². The van der Waals surface area contributed by atoms with Gasteiger partial charge in [0.25, 0.3) is 0 Å². The molecule has 1 saturated carbocycles. The van der Waals surface area contributed by atoms with Crippen LogP contribution in [0, 0.1) is 0 Å². The lowest BCUT2D eigenvalue weighted by Crippen LogP contribution is -2.60. The van der Waals surface area contributed by atoms with Gasteiger partial charge >= 0.3 is 6.09 Å². The Morgan fingerprint density at radius 1 is 1.16 bits per heavy atom. The largest absolute Gasteiger partial charge is 0.445 e. The Hall–Kier alpha value is -2.20. The second-order valence-electron chi connectivity index (χ2n) is 8.48. The molecular weight excluding hydrogens is 402 g/mol. The van der Waals surface area contributed by atoms with E-state index in [1.165, 1.54) is 6.92 Å². The number of benzene rings is 1. The first-order valence-electron chi connectivity index (χ1n) is 10.9. The first-order chi connectivity index (χ1) is 15.0. The minimum absolute atomic E-state index is 0.0653. The molecule has 9 heteroatoms. The molecule has 0 bridgehead atoms. The highest BCUT2D eigenvalue weighted by molar-refractivity contribution is 5.73. The molecule has 2 amide bonds. The number of hydrogen-bond donors (Lipinski definition) is 3. The Kier molecular flexibility index (Phi) is 6.76. The zero-order valence-electron chi connectivity index (χ0n) is 17.8. The SMILES string of the molecule is CC(=O)N[C@@H]1CC2(CC[C@@H]1N1CC[C@H](NC(=O)OCc3ccccc3)C1O)OCCO2. The number of nitrogens with one attached hydrogen (secondary N) is 2. The summed E-state index contributed by atoms with van der Waals surface area (Å²) in [6, 6.07) is 8.74. The molecule has 0 radical (unpaired) electrons. The average molecular weight is 434 g/mol. The van der Waals surface area contributed by atoms with Gasteiger partial charge in [-0.15, -0.1) is 0 Å². The highest BCUT2D eigenvalue weighted by Gasteiger charge is 2.49. The van der Waals surface area contributed by atoms with E-state index in [9.17, 15) is 14.7 Å². The van der Waals surface area contributed by atoms with Crippen LogP contribution in [0.25, 0.3) is 0 Å². The lowest BCUT2D eigenvalue weighted by molar-refractivity contribution is -0.194. The quantitative estimate of drug-likeness (QED) is 0.638. The van der Waals surface area contributed by atoms with Crippen molar-refractivity contribution in [3.05, 3.63) is 35.9 Å². The van der Waals surface area contributed by atoms with Gasteiger partial charge < -0.3 is 30.0 Å². The maximum atomic E-state index is 12.2. The Labute approximate surface area is 182 Å². The second-order valence-corrected chi connectivity index (χ2v) is 8.48. The fourth-order valence-corrected chi connectivity index (χ4v) is 4.93. The molecule has 1 aromatic rings. The molecule has 170 valence electrons. The molecule has 3 fully saturated rings. The Bertz CT molecular complexity index is 770. The summed E-state index contributed by atoms with van der Waals surface area (Å²) >= 11 is 0. The number of likely N-dealkylation sites (tertiary alicyclic amines) is 1. The summed E-state index contributed by atoms with van der Waals surface area (Å²) in [6.07, 6.45) is 1.15. The lowest BCUT2D eigenvalue weighted by Gasteiger charge is -2.45. The fourth-order valence-electron chi connectivity index (χ4n) is 4.93. The van der Waals surface area contributed by atoms with E-state index in [4.69, 9.17) is 14.2 Å². The van der Waals surface area contributed by atoms with Crippen LogP contribution in [0.4, 0.5) is 4.79 Å². The highest BCUT2D eigenvalue weighted by Crippen LogP contribution is 2.39. The number of carbonyl (C=O) groups is 2. The van der Waals surface area contributed by atoms with Crippen LogP contribution in [0.5, 0.6) is 0 Å². The third-order valence-corrected chi connectivity index (χ3v) is 6.36. The minimum Gasteiger partial charge on any atom is -0.445 e. The van der Waals surface area contributed by atoms with E-state index in [-0.39, 0.29) is 24.6 Å². The van der Waals surface area contributed by atoms with Crippen molar-refractivity contribution >= 4 is 12.0 Å². The summed E-state index contributed by atoms with van der Waals surface area (Å²) < 4.78 is 17.0. The van der Waals surface area contributed by atoms with Crippen LogP contribution in [-0.2, 0) is 25.6 Å². The van der Waals surface area contributed by atoms with Crippen molar-refractivity contribution < 1.29 is 28.9 Å². The first-order valence-corrected chi connectivity index (χ1v) is 10.9. The van der Waals surface area contributed by atoms with Crippen molar-refractivity contribution in [3.63, 3.8) is 0 Å². The number of rotatable bonds is 5. The standard InChI is InChI=1S/C22H31N3O6/c1-15(26)23-18-13-22(30-11-12-31-22)9-7-19(18)25-10-8-17(20(25)27)24-21(28)29-14-16-5-3-2-4-6-16/h2-6,17-20,27H,7-14H2,1H3,(H,23,26)(H,24,28)/t17-,18+,19-,20?/m0/s1. The van der Waals surface area contributed by atoms with Crippen molar-refractivity contribution in [1.82, 2.24) is 15.5 Å². The maximum absolute atomic E-state index is 12.2. The third-order valence-electron chi connectivity index (χ3n) is 6.36. The van der Waals surface area contributed by atoms with E-state index in [2.05, 4.69) is 10.6 Å². The van der Waals surface area contributed by atoms with Gasteiger partial charge in [0.15, 0.2) is 5.79 Å². The summed E-state index contributed by atoms with van der Waals surface area (Å²) in [5.41, 5.74) is 0.900. The van der Waals surface area contributed by atoms with Gasteiger partial charge in [-0.2, -0.15) is 0 Å². The van der Waals surface area contributed by atoms with E-state index in [1.54, 1.807) is 0 Å².